The molecule has 1 N–H and O–H groups in total. The van der Waals surface area contributed by atoms with Crippen LogP contribution in [0, 0.1) is 5.92 Å². The molecule has 3 rings (SSSR count). The number of anilines is 1. The van der Waals surface area contributed by atoms with E-state index in [0.717, 1.165) is 23.4 Å². The zero-order chi connectivity index (χ0) is 28.3. The van der Waals surface area contributed by atoms with E-state index in [9.17, 15) is 9.59 Å². The Morgan fingerprint density at radius 1 is 0.947 bits per heavy atom. The third-order valence-electron chi connectivity index (χ3n) is 6.41. The lowest BCUT2D eigenvalue weighted by molar-refractivity contribution is -0.117. The molecule has 6 nitrogen and oxygen atoms in total. The third-order valence-corrected chi connectivity index (χ3v) is 6.66. The molecule has 0 atom stereocenters. The van der Waals surface area contributed by atoms with Crippen LogP contribution in [0.3, 0.4) is 0 Å². The number of carbonyl (C=O) groups is 2. The third kappa shape index (κ3) is 7.70. The summed E-state index contributed by atoms with van der Waals surface area (Å²) in [6.07, 6.45) is 0.802. The number of hydrogen-bond donors (Lipinski definition) is 1. The molecule has 0 spiro atoms. The second-order valence-electron chi connectivity index (χ2n) is 12.3. The van der Waals surface area contributed by atoms with Gasteiger partial charge in [0.1, 0.15) is 12.4 Å². The minimum Gasteiger partial charge on any atom is -0.329 e. The summed E-state index contributed by atoms with van der Waals surface area (Å²) in [5.41, 5.74) is 3.15. The number of halogens is 1. The van der Waals surface area contributed by atoms with Crippen LogP contribution in [0.4, 0.5) is 5.82 Å². The maximum atomic E-state index is 13.5. The maximum absolute atomic E-state index is 13.5. The fourth-order valence-corrected chi connectivity index (χ4v) is 4.06. The summed E-state index contributed by atoms with van der Waals surface area (Å²) in [6, 6.07) is 16.9. The number of nitrogens with zero attached hydrogens (tertiary/aromatic N) is 3. The largest absolute Gasteiger partial charge is 0.329 e. The van der Waals surface area contributed by atoms with Gasteiger partial charge >= 0.3 is 0 Å². The second kappa shape index (κ2) is 11.7. The molecule has 1 heterocycles. The van der Waals surface area contributed by atoms with E-state index in [4.69, 9.17) is 16.7 Å². The highest BCUT2D eigenvalue weighted by atomic mass is 35.5. The minimum absolute atomic E-state index is 0.00224. The number of carbonyl (C=O) groups excluding carboxylic acids is 2. The Bertz CT molecular complexity index is 1250. The number of rotatable bonds is 8. The molecule has 0 aliphatic carbocycles. The molecule has 0 saturated heterocycles. The molecule has 7 heteroatoms. The maximum Gasteiger partial charge on any atom is 0.254 e. The second-order valence-corrected chi connectivity index (χ2v) is 12.8. The van der Waals surface area contributed by atoms with Gasteiger partial charge in [0.15, 0.2) is 0 Å². The molecule has 0 saturated carbocycles. The van der Waals surface area contributed by atoms with E-state index in [1.54, 1.807) is 21.7 Å². The zero-order valence-electron chi connectivity index (χ0n) is 23.9. The molecule has 0 radical (unpaired) electrons. The Kier molecular flexibility index (Phi) is 9.09. The van der Waals surface area contributed by atoms with Gasteiger partial charge in [-0.2, -0.15) is 5.10 Å². The summed E-state index contributed by atoms with van der Waals surface area (Å²) in [5, 5.41) is 8.39. The Morgan fingerprint density at radius 3 is 2.08 bits per heavy atom. The lowest BCUT2D eigenvalue weighted by atomic mass is 9.86. The molecule has 3 aromatic rings. The SMILES string of the molecule is CC(C)CCN(CC(=O)Nc1cc(C(C)(C)C)nn1-c1ccc(Cl)cc1)C(=O)c1ccc(C(C)(C)C)cc1. The van der Waals surface area contributed by atoms with Gasteiger partial charge in [-0.3, -0.25) is 9.59 Å². The van der Waals surface area contributed by atoms with Crippen LogP contribution in [0.25, 0.3) is 5.69 Å². The van der Waals surface area contributed by atoms with E-state index >= 15 is 0 Å². The first-order valence-electron chi connectivity index (χ1n) is 13.2. The van der Waals surface area contributed by atoms with E-state index in [1.165, 1.54) is 0 Å². The summed E-state index contributed by atoms with van der Waals surface area (Å²) in [5.74, 6) is 0.525. The van der Waals surface area contributed by atoms with Crippen LogP contribution in [0.2, 0.25) is 5.02 Å². The fraction of sp³-hybridized carbons (Fsp3) is 0.452. The lowest BCUT2D eigenvalue weighted by Gasteiger charge is -2.24. The number of benzene rings is 2. The number of aromatic nitrogens is 2. The van der Waals surface area contributed by atoms with Crippen molar-refractivity contribution in [2.75, 3.05) is 18.4 Å². The number of hydrogen-bond acceptors (Lipinski definition) is 3. The first kappa shape index (κ1) is 29.4. The van der Waals surface area contributed by atoms with Gasteiger partial charge in [-0.1, -0.05) is 79.1 Å². The van der Waals surface area contributed by atoms with E-state index in [0.29, 0.717) is 28.9 Å². The standard InChI is InChI=1S/C31H41ClN4O2/c1-21(2)17-18-35(29(38)22-9-11-23(12-10-22)30(3,4)5)20-28(37)33-27-19-26(31(6,7)8)34-36(27)25-15-13-24(32)14-16-25/h9-16,19,21H,17-18,20H2,1-8H3,(H,33,37). The predicted octanol–water partition coefficient (Wildman–Crippen LogP) is 7.25. The molecule has 204 valence electrons. The summed E-state index contributed by atoms with van der Waals surface area (Å²) in [6.45, 7) is 17.3. The molecule has 1 aromatic heterocycles. The first-order chi connectivity index (χ1) is 17.6. The normalized spacial score (nSPS) is 12.1. The van der Waals surface area contributed by atoms with Crippen molar-refractivity contribution in [1.29, 1.82) is 0 Å². The Morgan fingerprint density at radius 2 is 1.55 bits per heavy atom. The lowest BCUT2D eigenvalue weighted by Crippen LogP contribution is -2.39. The average molecular weight is 537 g/mol. The highest BCUT2D eigenvalue weighted by Crippen LogP contribution is 2.27. The molecule has 2 amide bonds. The van der Waals surface area contributed by atoms with E-state index in [2.05, 4.69) is 60.7 Å². The van der Waals surface area contributed by atoms with Gasteiger partial charge in [0, 0.05) is 28.6 Å². The quantitative estimate of drug-likeness (QED) is 0.329. The monoisotopic (exact) mass is 536 g/mol. The van der Waals surface area contributed by atoms with Gasteiger partial charge in [0.2, 0.25) is 5.91 Å². The van der Waals surface area contributed by atoms with Crippen LogP contribution in [-0.4, -0.2) is 39.6 Å². The summed E-state index contributed by atoms with van der Waals surface area (Å²) >= 11 is 6.08. The Balaban J connectivity index is 1.85. The van der Waals surface area contributed by atoms with E-state index in [-0.39, 0.29) is 29.2 Å². The Hall–Kier alpha value is -3.12. The van der Waals surface area contributed by atoms with Crippen molar-refractivity contribution in [2.45, 2.75) is 72.6 Å². The van der Waals surface area contributed by atoms with Crippen molar-refractivity contribution in [3.63, 3.8) is 0 Å². The molecule has 0 unspecified atom stereocenters. The van der Waals surface area contributed by atoms with Crippen LogP contribution >= 0.6 is 11.6 Å². The van der Waals surface area contributed by atoms with Crippen LogP contribution in [0.5, 0.6) is 0 Å². The highest BCUT2D eigenvalue weighted by Gasteiger charge is 2.24. The number of amides is 2. The van der Waals surface area contributed by atoms with Crippen molar-refractivity contribution >= 4 is 29.2 Å². The topological polar surface area (TPSA) is 67.2 Å². The van der Waals surface area contributed by atoms with Gasteiger partial charge in [0.25, 0.3) is 5.91 Å². The van der Waals surface area contributed by atoms with Gasteiger partial charge in [0.05, 0.1) is 11.4 Å². The molecule has 0 aliphatic heterocycles. The smallest absolute Gasteiger partial charge is 0.254 e. The predicted molar refractivity (Wildman–Crippen MR) is 156 cm³/mol. The molecular formula is C31H41ClN4O2. The zero-order valence-corrected chi connectivity index (χ0v) is 24.7. The van der Waals surface area contributed by atoms with Crippen molar-refractivity contribution < 1.29 is 9.59 Å². The van der Waals surface area contributed by atoms with Gasteiger partial charge in [-0.25, -0.2) is 4.68 Å². The van der Waals surface area contributed by atoms with E-state index in [1.807, 2.05) is 42.5 Å². The average Bonchev–Trinajstić information content (AvgIpc) is 3.25. The van der Waals surface area contributed by atoms with Gasteiger partial charge < -0.3 is 10.2 Å². The fourth-order valence-electron chi connectivity index (χ4n) is 3.93. The molecule has 38 heavy (non-hydrogen) atoms. The molecule has 0 fully saturated rings. The van der Waals surface area contributed by atoms with Gasteiger partial charge in [-0.15, -0.1) is 0 Å². The van der Waals surface area contributed by atoms with Gasteiger partial charge in [-0.05, 0) is 59.7 Å². The Labute approximate surface area is 232 Å². The summed E-state index contributed by atoms with van der Waals surface area (Å²) in [7, 11) is 0. The summed E-state index contributed by atoms with van der Waals surface area (Å²) < 4.78 is 1.71. The van der Waals surface area contributed by atoms with Crippen molar-refractivity contribution in [3.8, 4) is 5.69 Å². The molecule has 0 aliphatic rings. The van der Waals surface area contributed by atoms with Crippen LogP contribution in [0.15, 0.2) is 54.6 Å². The molecule has 0 bridgehead atoms. The van der Waals surface area contributed by atoms with E-state index < -0.39 is 0 Å². The van der Waals surface area contributed by atoms with Crippen molar-refractivity contribution in [3.05, 3.63) is 76.4 Å². The van der Waals surface area contributed by atoms with Crippen molar-refractivity contribution in [1.82, 2.24) is 14.7 Å². The van der Waals surface area contributed by atoms with Crippen molar-refractivity contribution in [2.24, 2.45) is 5.92 Å². The highest BCUT2D eigenvalue weighted by molar-refractivity contribution is 6.30. The summed E-state index contributed by atoms with van der Waals surface area (Å²) in [4.78, 5) is 28.4. The first-order valence-corrected chi connectivity index (χ1v) is 13.6. The van der Waals surface area contributed by atoms with Crippen LogP contribution < -0.4 is 5.32 Å². The number of nitrogens with one attached hydrogen (secondary N) is 1. The molecular weight excluding hydrogens is 496 g/mol. The van der Waals surface area contributed by atoms with Crippen LogP contribution in [-0.2, 0) is 15.6 Å². The molecule has 2 aromatic carbocycles. The minimum atomic E-state index is -0.274. The van der Waals surface area contributed by atoms with Crippen LogP contribution in [0.1, 0.15) is 83.4 Å².